The van der Waals surface area contributed by atoms with Crippen molar-refractivity contribution in [1.82, 2.24) is 0 Å². The zero-order chi connectivity index (χ0) is 11.1. The monoisotopic (exact) mass is 204 g/mol. The van der Waals surface area contributed by atoms with Crippen LogP contribution in [0.4, 0.5) is 0 Å². The van der Waals surface area contributed by atoms with Crippen LogP contribution in [-0.4, -0.2) is 0 Å². The van der Waals surface area contributed by atoms with Crippen molar-refractivity contribution in [2.24, 2.45) is 5.92 Å². The van der Waals surface area contributed by atoms with E-state index in [0.29, 0.717) is 0 Å². The minimum atomic E-state index is 0.880. The minimum absolute atomic E-state index is 0.880. The first-order valence-electron chi connectivity index (χ1n) is 6.19. The molecule has 84 valence electrons. The van der Waals surface area contributed by atoms with Crippen LogP contribution in [0.2, 0.25) is 0 Å². The van der Waals surface area contributed by atoms with Crippen LogP contribution in [-0.2, 0) is 0 Å². The van der Waals surface area contributed by atoms with E-state index in [1.54, 1.807) is 0 Å². The fourth-order valence-electron chi connectivity index (χ4n) is 1.93. The Morgan fingerprint density at radius 1 is 1.20 bits per heavy atom. The summed E-state index contributed by atoms with van der Waals surface area (Å²) in [5, 5.41) is 0. The molecular weight excluding hydrogens is 180 g/mol. The molecule has 0 bridgehead atoms. The van der Waals surface area contributed by atoms with E-state index in [2.05, 4.69) is 45.1 Å². The van der Waals surface area contributed by atoms with E-state index in [-0.39, 0.29) is 0 Å². The second-order valence-electron chi connectivity index (χ2n) is 4.90. The molecule has 1 rings (SSSR count). The molecule has 0 aromatic rings. The highest BCUT2D eigenvalue weighted by molar-refractivity contribution is 5.22. The summed E-state index contributed by atoms with van der Waals surface area (Å²) in [4.78, 5) is 0. The Labute approximate surface area is 94.8 Å². The Morgan fingerprint density at radius 3 is 2.80 bits per heavy atom. The molecule has 0 aromatic heterocycles. The van der Waals surface area contributed by atoms with E-state index in [4.69, 9.17) is 0 Å². The molecule has 0 heterocycles. The topological polar surface area (TPSA) is 0 Å². The van der Waals surface area contributed by atoms with E-state index in [9.17, 15) is 0 Å². The maximum atomic E-state index is 2.38. The lowest BCUT2D eigenvalue weighted by Crippen LogP contribution is -1.95. The Kier molecular flexibility index (Phi) is 5.45. The van der Waals surface area contributed by atoms with Gasteiger partial charge in [-0.15, -0.1) is 0 Å². The maximum Gasteiger partial charge on any atom is -0.0317 e. The molecule has 1 unspecified atom stereocenters. The van der Waals surface area contributed by atoms with Crippen LogP contribution in [0.25, 0.3) is 0 Å². The third-order valence-electron chi connectivity index (χ3n) is 3.14. The summed E-state index contributed by atoms with van der Waals surface area (Å²) in [5.41, 5.74) is 2.90. The van der Waals surface area contributed by atoms with Gasteiger partial charge in [0.25, 0.3) is 0 Å². The Balaban J connectivity index is 2.64. The van der Waals surface area contributed by atoms with Gasteiger partial charge in [0.05, 0.1) is 0 Å². The van der Waals surface area contributed by atoms with Crippen LogP contribution in [0, 0.1) is 5.92 Å². The van der Waals surface area contributed by atoms with Crippen LogP contribution in [0.5, 0.6) is 0 Å². The zero-order valence-electron chi connectivity index (χ0n) is 10.4. The summed E-state index contributed by atoms with van der Waals surface area (Å²) < 4.78 is 0. The third-order valence-corrected chi connectivity index (χ3v) is 3.14. The normalized spacial score (nSPS) is 33.9. The van der Waals surface area contributed by atoms with Crippen molar-refractivity contribution < 1.29 is 0 Å². The van der Waals surface area contributed by atoms with Crippen molar-refractivity contribution in [3.05, 3.63) is 35.5 Å². The van der Waals surface area contributed by atoms with Gasteiger partial charge in [-0.25, -0.2) is 0 Å². The van der Waals surface area contributed by atoms with E-state index in [0.717, 1.165) is 5.92 Å². The van der Waals surface area contributed by atoms with E-state index >= 15 is 0 Å². The van der Waals surface area contributed by atoms with Crippen molar-refractivity contribution in [3.63, 3.8) is 0 Å². The van der Waals surface area contributed by atoms with Gasteiger partial charge in [-0.1, -0.05) is 48.8 Å². The van der Waals surface area contributed by atoms with E-state index in [1.165, 1.54) is 43.3 Å². The van der Waals surface area contributed by atoms with Gasteiger partial charge in [-0.2, -0.15) is 0 Å². The predicted molar refractivity (Wildman–Crippen MR) is 68.9 cm³/mol. The minimum Gasteiger partial charge on any atom is -0.0816 e. The second kappa shape index (κ2) is 6.66. The van der Waals surface area contributed by atoms with Crippen LogP contribution in [0.1, 0.15) is 52.9 Å². The molecule has 1 aliphatic carbocycles. The molecule has 0 radical (unpaired) electrons. The van der Waals surface area contributed by atoms with Gasteiger partial charge >= 0.3 is 0 Å². The first-order chi connectivity index (χ1) is 7.18. The van der Waals surface area contributed by atoms with Crippen LogP contribution >= 0.6 is 0 Å². The average molecular weight is 204 g/mol. The number of rotatable bonds is 0. The highest BCUT2D eigenvalue weighted by Gasteiger charge is 2.02. The summed E-state index contributed by atoms with van der Waals surface area (Å²) >= 11 is 0. The lowest BCUT2D eigenvalue weighted by atomic mass is 9.95. The predicted octanol–water partition coefficient (Wildman–Crippen LogP) is 5.04. The van der Waals surface area contributed by atoms with Crippen molar-refractivity contribution >= 4 is 0 Å². The third kappa shape index (κ3) is 5.61. The summed E-state index contributed by atoms with van der Waals surface area (Å²) in [6, 6.07) is 0. The van der Waals surface area contributed by atoms with Crippen molar-refractivity contribution in [2.75, 3.05) is 0 Å². The molecule has 0 fully saturated rings. The molecule has 0 saturated heterocycles. The molecule has 0 N–H and O–H groups in total. The SMILES string of the molecule is CC1=C\CCCC(C)CC\C(C)=C/C=C/1. The lowest BCUT2D eigenvalue weighted by molar-refractivity contribution is 0.476. The molecule has 1 atom stereocenters. The summed E-state index contributed by atoms with van der Waals surface area (Å²) in [6.45, 7) is 6.81. The molecule has 1 aliphatic rings. The van der Waals surface area contributed by atoms with Gasteiger partial charge in [0.1, 0.15) is 0 Å². The van der Waals surface area contributed by atoms with Crippen molar-refractivity contribution in [3.8, 4) is 0 Å². The first-order valence-corrected chi connectivity index (χ1v) is 6.19. The second-order valence-corrected chi connectivity index (χ2v) is 4.90. The van der Waals surface area contributed by atoms with Gasteiger partial charge in [-0.3, -0.25) is 0 Å². The molecule has 0 amide bonds. The smallest absolute Gasteiger partial charge is 0.0317 e. The molecule has 0 heteroatoms. The largest absolute Gasteiger partial charge is 0.0816 e. The molecular formula is C15H24. The van der Waals surface area contributed by atoms with Crippen LogP contribution in [0.3, 0.4) is 0 Å². The molecule has 0 saturated carbocycles. The fourth-order valence-corrected chi connectivity index (χ4v) is 1.93. The fraction of sp³-hybridized carbons (Fsp3) is 0.600. The number of allylic oxidation sites excluding steroid dienone is 6. The highest BCUT2D eigenvalue weighted by Crippen LogP contribution is 2.18. The Morgan fingerprint density at radius 2 is 2.00 bits per heavy atom. The van der Waals surface area contributed by atoms with Crippen molar-refractivity contribution in [1.29, 1.82) is 0 Å². The molecule has 0 spiro atoms. The Bertz CT molecular complexity index is 266. The summed E-state index contributed by atoms with van der Waals surface area (Å²) in [6.07, 6.45) is 15.6. The van der Waals surface area contributed by atoms with Gasteiger partial charge < -0.3 is 0 Å². The number of hydrogen-bond acceptors (Lipinski definition) is 0. The van der Waals surface area contributed by atoms with E-state index in [1.807, 2.05) is 0 Å². The van der Waals surface area contributed by atoms with Gasteiger partial charge in [-0.05, 0) is 45.4 Å². The average Bonchev–Trinajstić information content (AvgIpc) is 2.20. The Hall–Kier alpha value is -0.780. The summed E-state index contributed by atoms with van der Waals surface area (Å²) in [7, 11) is 0. The van der Waals surface area contributed by atoms with Crippen LogP contribution in [0.15, 0.2) is 35.5 Å². The van der Waals surface area contributed by atoms with E-state index < -0.39 is 0 Å². The van der Waals surface area contributed by atoms with Gasteiger partial charge in [0, 0.05) is 0 Å². The van der Waals surface area contributed by atoms with Gasteiger partial charge in [0.15, 0.2) is 0 Å². The quantitative estimate of drug-likeness (QED) is 0.519. The van der Waals surface area contributed by atoms with Crippen LogP contribution < -0.4 is 0 Å². The zero-order valence-corrected chi connectivity index (χ0v) is 10.4. The molecule has 0 aliphatic heterocycles. The number of hydrogen-bond donors (Lipinski definition) is 0. The van der Waals surface area contributed by atoms with Gasteiger partial charge in [0.2, 0.25) is 0 Å². The molecule has 0 nitrogen and oxygen atoms in total. The summed E-state index contributed by atoms with van der Waals surface area (Å²) in [5.74, 6) is 0.880. The molecule has 0 aromatic carbocycles. The molecule has 15 heavy (non-hydrogen) atoms. The first kappa shape index (κ1) is 12.3. The van der Waals surface area contributed by atoms with Crippen molar-refractivity contribution in [2.45, 2.75) is 52.9 Å². The standard InChI is InChI=1S/C15H24/c1-13-7-4-5-8-14(2)11-12-15(3)10-6-9-13/h6-7,9-10,14H,4-5,8,11-12H2,1-3H3/b9-6+,13-7-,15-10-. The lowest BCUT2D eigenvalue weighted by Gasteiger charge is -2.11. The highest BCUT2D eigenvalue weighted by atomic mass is 14.1. The maximum absolute atomic E-state index is 2.38.